The zero-order chi connectivity index (χ0) is 13.1. The summed E-state index contributed by atoms with van der Waals surface area (Å²) >= 11 is 0. The Balaban J connectivity index is 2.23. The zero-order valence-corrected chi connectivity index (χ0v) is 11.7. The molecular weight excluding hydrogens is 224 g/mol. The van der Waals surface area contributed by atoms with E-state index < -0.39 is 0 Å². The summed E-state index contributed by atoms with van der Waals surface area (Å²) < 4.78 is 0. The minimum absolute atomic E-state index is 0.319. The molecule has 0 aliphatic heterocycles. The number of hydrogen-bond donors (Lipinski definition) is 1. The Kier molecular flexibility index (Phi) is 4.04. The molecule has 0 bridgehead atoms. The molecular formula is C14H24N4. The highest BCUT2D eigenvalue weighted by Gasteiger charge is 2.30. The number of anilines is 2. The van der Waals surface area contributed by atoms with Gasteiger partial charge in [-0.25, -0.2) is 9.97 Å². The first kappa shape index (κ1) is 13.1. The minimum Gasteiger partial charge on any atom is -0.384 e. The Morgan fingerprint density at radius 3 is 2.67 bits per heavy atom. The summed E-state index contributed by atoms with van der Waals surface area (Å²) in [6.07, 6.45) is 4.98. The zero-order valence-electron chi connectivity index (χ0n) is 11.7. The van der Waals surface area contributed by atoms with Crippen LogP contribution in [0.3, 0.4) is 0 Å². The fourth-order valence-corrected chi connectivity index (χ4v) is 2.08. The molecule has 0 radical (unpaired) electrons. The van der Waals surface area contributed by atoms with Crippen LogP contribution in [0.2, 0.25) is 0 Å². The van der Waals surface area contributed by atoms with Crippen molar-refractivity contribution in [3.63, 3.8) is 0 Å². The Labute approximate surface area is 110 Å². The quantitative estimate of drug-likeness (QED) is 0.841. The molecule has 100 valence electrons. The Bertz CT molecular complexity index is 399. The summed E-state index contributed by atoms with van der Waals surface area (Å²) in [5.41, 5.74) is 5.91. The molecule has 4 heteroatoms. The molecule has 2 rings (SSSR count). The average molecular weight is 248 g/mol. The molecule has 0 aromatic carbocycles. The second kappa shape index (κ2) is 5.55. The lowest BCUT2D eigenvalue weighted by Crippen LogP contribution is -2.28. The van der Waals surface area contributed by atoms with Gasteiger partial charge in [0, 0.05) is 24.6 Å². The molecule has 1 aliphatic carbocycles. The van der Waals surface area contributed by atoms with E-state index in [0.717, 1.165) is 18.2 Å². The molecule has 4 nitrogen and oxygen atoms in total. The number of aromatic nitrogens is 2. The highest BCUT2D eigenvalue weighted by molar-refractivity contribution is 5.49. The van der Waals surface area contributed by atoms with Gasteiger partial charge in [0.15, 0.2) is 0 Å². The molecule has 2 N–H and O–H groups in total. The third kappa shape index (κ3) is 3.12. The molecule has 1 fully saturated rings. The van der Waals surface area contributed by atoms with E-state index in [0.29, 0.717) is 17.8 Å². The summed E-state index contributed by atoms with van der Waals surface area (Å²) in [5, 5.41) is 0. The predicted octanol–water partition coefficient (Wildman–Crippen LogP) is 2.95. The standard InChI is InChI=1S/C14H24N4/c1-4-5-8-18(11-6-7-11)13-9-12(15)16-14(17-13)10(2)3/h9-11H,4-8H2,1-3H3,(H2,15,16,17). The first-order valence-electron chi connectivity index (χ1n) is 7.03. The van der Waals surface area contributed by atoms with E-state index in [4.69, 9.17) is 5.73 Å². The third-order valence-corrected chi connectivity index (χ3v) is 3.30. The summed E-state index contributed by atoms with van der Waals surface area (Å²) in [7, 11) is 0. The van der Waals surface area contributed by atoms with Crippen LogP contribution < -0.4 is 10.6 Å². The third-order valence-electron chi connectivity index (χ3n) is 3.30. The largest absolute Gasteiger partial charge is 0.384 e. The van der Waals surface area contributed by atoms with E-state index in [-0.39, 0.29) is 0 Å². The maximum absolute atomic E-state index is 5.91. The average Bonchev–Trinajstić information content (AvgIpc) is 3.13. The normalized spacial score (nSPS) is 15.1. The van der Waals surface area contributed by atoms with E-state index in [1.54, 1.807) is 0 Å². The molecule has 0 atom stereocenters. The van der Waals surface area contributed by atoms with Gasteiger partial charge in [0.1, 0.15) is 17.5 Å². The van der Waals surface area contributed by atoms with Gasteiger partial charge < -0.3 is 10.6 Å². The summed E-state index contributed by atoms with van der Waals surface area (Å²) in [5.74, 6) is 2.78. The molecule has 1 aromatic heterocycles. The van der Waals surface area contributed by atoms with Gasteiger partial charge in [0.25, 0.3) is 0 Å². The molecule has 1 aliphatic rings. The molecule has 1 saturated carbocycles. The first-order valence-corrected chi connectivity index (χ1v) is 7.03. The summed E-state index contributed by atoms with van der Waals surface area (Å²) in [4.78, 5) is 11.4. The van der Waals surface area contributed by atoms with Crippen LogP contribution in [0.1, 0.15) is 58.2 Å². The van der Waals surface area contributed by atoms with Gasteiger partial charge >= 0.3 is 0 Å². The fourth-order valence-electron chi connectivity index (χ4n) is 2.08. The molecule has 1 aromatic rings. The SMILES string of the molecule is CCCCN(c1cc(N)nc(C(C)C)n1)C1CC1. The second-order valence-electron chi connectivity index (χ2n) is 5.44. The lowest BCUT2D eigenvalue weighted by molar-refractivity contribution is 0.693. The Hall–Kier alpha value is -1.32. The van der Waals surface area contributed by atoms with Crippen molar-refractivity contribution in [3.05, 3.63) is 11.9 Å². The number of rotatable bonds is 6. The van der Waals surface area contributed by atoms with Crippen LogP contribution >= 0.6 is 0 Å². The van der Waals surface area contributed by atoms with Crippen LogP contribution in [0.4, 0.5) is 11.6 Å². The van der Waals surface area contributed by atoms with Gasteiger partial charge in [0.2, 0.25) is 0 Å². The Morgan fingerprint density at radius 2 is 2.11 bits per heavy atom. The van der Waals surface area contributed by atoms with E-state index in [1.165, 1.54) is 25.7 Å². The summed E-state index contributed by atoms with van der Waals surface area (Å²) in [6, 6.07) is 2.59. The smallest absolute Gasteiger partial charge is 0.135 e. The van der Waals surface area contributed by atoms with E-state index in [9.17, 15) is 0 Å². The lowest BCUT2D eigenvalue weighted by Gasteiger charge is -2.24. The van der Waals surface area contributed by atoms with Crippen molar-refractivity contribution in [3.8, 4) is 0 Å². The van der Waals surface area contributed by atoms with Crippen molar-refractivity contribution in [2.45, 2.75) is 58.4 Å². The van der Waals surface area contributed by atoms with Gasteiger partial charge in [-0.15, -0.1) is 0 Å². The van der Waals surface area contributed by atoms with Gasteiger partial charge in [-0.3, -0.25) is 0 Å². The first-order chi connectivity index (χ1) is 8.61. The maximum atomic E-state index is 5.91. The van der Waals surface area contributed by atoms with Crippen LogP contribution in [0.25, 0.3) is 0 Å². The fraction of sp³-hybridized carbons (Fsp3) is 0.714. The topological polar surface area (TPSA) is 55.0 Å². The van der Waals surface area contributed by atoms with Crippen molar-refractivity contribution in [2.24, 2.45) is 0 Å². The van der Waals surface area contributed by atoms with E-state index >= 15 is 0 Å². The molecule has 0 spiro atoms. The molecule has 0 saturated heterocycles. The van der Waals surface area contributed by atoms with Gasteiger partial charge in [-0.05, 0) is 19.3 Å². The number of nitrogens with zero attached hydrogens (tertiary/aromatic N) is 3. The molecule has 18 heavy (non-hydrogen) atoms. The van der Waals surface area contributed by atoms with Crippen molar-refractivity contribution in [1.29, 1.82) is 0 Å². The number of unbranched alkanes of at least 4 members (excludes halogenated alkanes) is 1. The van der Waals surface area contributed by atoms with Crippen LogP contribution in [0, 0.1) is 0 Å². The lowest BCUT2D eigenvalue weighted by atomic mass is 10.2. The monoisotopic (exact) mass is 248 g/mol. The Morgan fingerprint density at radius 1 is 1.39 bits per heavy atom. The molecule has 0 unspecified atom stereocenters. The highest BCUT2D eigenvalue weighted by Crippen LogP contribution is 2.32. The number of nitrogen functional groups attached to an aromatic ring is 1. The van der Waals surface area contributed by atoms with Gasteiger partial charge in [-0.2, -0.15) is 0 Å². The number of hydrogen-bond acceptors (Lipinski definition) is 4. The predicted molar refractivity (Wildman–Crippen MR) is 75.8 cm³/mol. The van der Waals surface area contributed by atoms with Crippen LogP contribution in [0.5, 0.6) is 0 Å². The van der Waals surface area contributed by atoms with Crippen molar-refractivity contribution < 1.29 is 0 Å². The van der Waals surface area contributed by atoms with Crippen molar-refractivity contribution >= 4 is 11.6 Å². The molecule has 0 amide bonds. The summed E-state index contributed by atoms with van der Waals surface area (Å²) in [6.45, 7) is 7.51. The maximum Gasteiger partial charge on any atom is 0.135 e. The highest BCUT2D eigenvalue weighted by atomic mass is 15.2. The van der Waals surface area contributed by atoms with Crippen LogP contribution in [-0.2, 0) is 0 Å². The van der Waals surface area contributed by atoms with E-state index in [2.05, 4.69) is 35.6 Å². The number of nitrogens with two attached hydrogens (primary N) is 1. The van der Waals surface area contributed by atoms with Gasteiger partial charge in [-0.1, -0.05) is 27.2 Å². The van der Waals surface area contributed by atoms with Gasteiger partial charge in [0.05, 0.1) is 0 Å². The van der Waals surface area contributed by atoms with E-state index in [1.807, 2.05) is 6.07 Å². The van der Waals surface area contributed by atoms with Crippen molar-refractivity contribution in [2.75, 3.05) is 17.2 Å². The van der Waals surface area contributed by atoms with Crippen LogP contribution in [0.15, 0.2) is 6.07 Å². The second-order valence-corrected chi connectivity index (χ2v) is 5.44. The van der Waals surface area contributed by atoms with Crippen molar-refractivity contribution in [1.82, 2.24) is 9.97 Å². The minimum atomic E-state index is 0.319. The van der Waals surface area contributed by atoms with Crippen LogP contribution in [-0.4, -0.2) is 22.6 Å². The molecule has 1 heterocycles.